The van der Waals surface area contributed by atoms with Gasteiger partial charge in [-0.25, -0.2) is 0 Å². The largest absolute Gasteiger partial charge is 0.392 e. The van der Waals surface area contributed by atoms with Crippen molar-refractivity contribution in [2.45, 2.75) is 31.9 Å². The Labute approximate surface area is 152 Å². The number of hydrogen-bond donors (Lipinski definition) is 2. The van der Waals surface area contributed by atoms with Gasteiger partial charge < -0.3 is 10.4 Å². The van der Waals surface area contributed by atoms with Gasteiger partial charge in [0.25, 0.3) is 0 Å². The molecule has 0 radical (unpaired) electrons. The number of aliphatic hydroxyl groups excluding tert-OH is 1. The van der Waals surface area contributed by atoms with Crippen LogP contribution in [0, 0.1) is 5.41 Å². The van der Waals surface area contributed by atoms with E-state index in [0.717, 1.165) is 36.0 Å². The van der Waals surface area contributed by atoms with Crippen LogP contribution < -0.4 is 5.32 Å². The first kappa shape index (κ1) is 16.8. The van der Waals surface area contributed by atoms with Gasteiger partial charge in [-0.1, -0.05) is 17.7 Å². The van der Waals surface area contributed by atoms with Gasteiger partial charge in [0.05, 0.1) is 22.7 Å². The van der Waals surface area contributed by atoms with Crippen molar-refractivity contribution in [2.24, 2.45) is 5.41 Å². The number of aromatic nitrogens is 1. The summed E-state index contributed by atoms with van der Waals surface area (Å²) in [5, 5.41) is 15.2. The number of carbonyl (C=O) groups is 1. The van der Waals surface area contributed by atoms with Crippen molar-refractivity contribution in [3.05, 3.63) is 41.0 Å². The number of benzene rings is 1. The number of nitrogens with one attached hydrogen (secondary N) is 1. The second kappa shape index (κ2) is 6.56. The molecule has 3 heterocycles. The van der Waals surface area contributed by atoms with Crippen molar-refractivity contribution < 1.29 is 9.90 Å². The molecule has 1 amide bonds. The van der Waals surface area contributed by atoms with Crippen LogP contribution >= 0.6 is 11.6 Å². The lowest BCUT2D eigenvalue weighted by Gasteiger charge is -2.46. The summed E-state index contributed by atoms with van der Waals surface area (Å²) < 4.78 is 0. The van der Waals surface area contributed by atoms with E-state index in [-0.39, 0.29) is 5.91 Å². The van der Waals surface area contributed by atoms with Crippen LogP contribution in [0.5, 0.6) is 0 Å². The van der Waals surface area contributed by atoms with Crippen LogP contribution in [0.2, 0.25) is 5.02 Å². The van der Waals surface area contributed by atoms with Gasteiger partial charge in [-0.15, -0.1) is 0 Å². The molecule has 5 nitrogen and oxygen atoms in total. The molecular weight excluding hydrogens is 338 g/mol. The molecule has 0 unspecified atom stereocenters. The molecule has 1 aromatic heterocycles. The quantitative estimate of drug-likeness (QED) is 0.863. The van der Waals surface area contributed by atoms with E-state index in [1.54, 1.807) is 0 Å². The lowest BCUT2D eigenvalue weighted by molar-refractivity contribution is -0.149. The van der Waals surface area contributed by atoms with Crippen molar-refractivity contribution in [1.29, 1.82) is 0 Å². The molecule has 2 atom stereocenters. The summed E-state index contributed by atoms with van der Waals surface area (Å²) in [6.07, 6.45) is 1.73. The second-order valence-corrected chi connectivity index (χ2v) is 7.61. The number of halogens is 1. The Morgan fingerprint density at radius 2 is 2.24 bits per heavy atom. The fraction of sp³-hybridized carbons (Fsp3) is 0.474. The van der Waals surface area contributed by atoms with Gasteiger partial charge in [-0.2, -0.15) is 0 Å². The first-order valence-corrected chi connectivity index (χ1v) is 9.19. The lowest BCUT2D eigenvalue weighted by Crippen LogP contribution is -2.61. The SMILES string of the molecule is O=C1NCCC[C@]12CN(Cc1ccc3cc(Cl)ccc3n1)CC[C@@H]2O. The lowest BCUT2D eigenvalue weighted by atomic mass is 9.71. The fourth-order valence-electron chi connectivity index (χ4n) is 4.12. The highest BCUT2D eigenvalue weighted by Gasteiger charge is 2.49. The summed E-state index contributed by atoms with van der Waals surface area (Å²) in [4.78, 5) is 19.4. The van der Waals surface area contributed by atoms with Gasteiger partial charge >= 0.3 is 0 Å². The maximum Gasteiger partial charge on any atom is 0.230 e. The fourth-order valence-corrected chi connectivity index (χ4v) is 4.30. The van der Waals surface area contributed by atoms with Crippen LogP contribution in [-0.4, -0.2) is 46.6 Å². The van der Waals surface area contributed by atoms with Gasteiger partial charge in [0.2, 0.25) is 5.91 Å². The Morgan fingerprint density at radius 3 is 3.08 bits per heavy atom. The smallest absolute Gasteiger partial charge is 0.230 e. The van der Waals surface area contributed by atoms with E-state index < -0.39 is 11.5 Å². The minimum absolute atomic E-state index is 0.00272. The van der Waals surface area contributed by atoms with Crippen molar-refractivity contribution in [2.75, 3.05) is 19.6 Å². The number of piperidine rings is 2. The topological polar surface area (TPSA) is 65.5 Å². The van der Waals surface area contributed by atoms with Crippen LogP contribution in [0.1, 0.15) is 25.0 Å². The molecule has 2 saturated heterocycles. The molecular formula is C19H22ClN3O2. The molecule has 2 N–H and O–H groups in total. The molecule has 0 saturated carbocycles. The van der Waals surface area contributed by atoms with Crippen molar-refractivity contribution in [1.82, 2.24) is 15.2 Å². The number of pyridine rings is 1. The first-order valence-electron chi connectivity index (χ1n) is 8.81. The summed E-state index contributed by atoms with van der Waals surface area (Å²) in [6.45, 7) is 2.75. The average Bonchev–Trinajstić information content (AvgIpc) is 2.61. The minimum Gasteiger partial charge on any atom is -0.392 e. The van der Waals surface area contributed by atoms with E-state index in [9.17, 15) is 9.90 Å². The van der Waals surface area contributed by atoms with Gasteiger partial charge in [0.1, 0.15) is 0 Å². The number of likely N-dealkylation sites (tertiary alicyclic amines) is 1. The van der Waals surface area contributed by atoms with Gasteiger partial charge in [-0.3, -0.25) is 14.7 Å². The molecule has 2 aliphatic heterocycles. The molecule has 4 rings (SSSR count). The molecule has 0 bridgehead atoms. The highest BCUT2D eigenvalue weighted by molar-refractivity contribution is 6.31. The highest BCUT2D eigenvalue weighted by atomic mass is 35.5. The Bertz CT molecular complexity index is 812. The Kier molecular flexibility index (Phi) is 4.40. The van der Waals surface area contributed by atoms with Crippen LogP contribution in [0.4, 0.5) is 0 Å². The Balaban J connectivity index is 1.54. The van der Waals surface area contributed by atoms with Crippen molar-refractivity contribution in [3.63, 3.8) is 0 Å². The van der Waals surface area contributed by atoms with Gasteiger partial charge in [0, 0.05) is 36.6 Å². The van der Waals surface area contributed by atoms with Crippen LogP contribution in [0.3, 0.4) is 0 Å². The van der Waals surface area contributed by atoms with Crippen molar-refractivity contribution >= 4 is 28.4 Å². The number of carbonyl (C=O) groups excluding carboxylic acids is 1. The molecule has 6 heteroatoms. The maximum absolute atomic E-state index is 12.5. The highest BCUT2D eigenvalue weighted by Crippen LogP contribution is 2.37. The normalized spacial score (nSPS) is 27.6. The molecule has 2 fully saturated rings. The van der Waals surface area contributed by atoms with Crippen LogP contribution in [0.15, 0.2) is 30.3 Å². The number of rotatable bonds is 2. The second-order valence-electron chi connectivity index (χ2n) is 7.17. The zero-order valence-electron chi connectivity index (χ0n) is 14.0. The van der Waals surface area contributed by atoms with E-state index in [1.807, 2.05) is 30.3 Å². The molecule has 1 aromatic carbocycles. The van der Waals surface area contributed by atoms with E-state index in [2.05, 4.69) is 10.2 Å². The predicted octanol–water partition coefficient (Wildman–Crippen LogP) is 2.35. The average molecular weight is 360 g/mol. The number of fused-ring (bicyclic) bond motifs is 1. The zero-order valence-corrected chi connectivity index (χ0v) is 14.8. The molecule has 2 aliphatic rings. The van der Waals surface area contributed by atoms with E-state index in [0.29, 0.717) is 31.1 Å². The number of aliphatic hydroxyl groups is 1. The minimum atomic E-state index is -0.666. The number of hydrogen-bond acceptors (Lipinski definition) is 4. The monoisotopic (exact) mass is 359 g/mol. The summed E-state index contributed by atoms with van der Waals surface area (Å²) in [6, 6.07) is 9.73. The summed E-state index contributed by atoms with van der Waals surface area (Å²) in [7, 11) is 0. The third-order valence-corrected chi connectivity index (χ3v) is 5.73. The molecule has 0 aliphatic carbocycles. The molecule has 2 aromatic rings. The molecule has 25 heavy (non-hydrogen) atoms. The first-order chi connectivity index (χ1) is 12.1. The summed E-state index contributed by atoms with van der Waals surface area (Å²) in [5.74, 6) is -0.00272. The third kappa shape index (κ3) is 3.12. The van der Waals surface area contributed by atoms with Gasteiger partial charge in [-0.05, 0) is 43.5 Å². The Morgan fingerprint density at radius 1 is 1.36 bits per heavy atom. The van der Waals surface area contributed by atoms with Crippen LogP contribution in [0.25, 0.3) is 10.9 Å². The van der Waals surface area contributed by atoms with E-state index >= 15 is 0 Å². The maximum atomic E-state index is 12.5. The van der Waals surface area contributed by atoms with E-state index in [4.69, 9.17) is 16.6 Å². The van der Waals surface area contributed by atoms with Gasteiger partial charge in [0.15, 0.2) is 0 Å². The number of nitrogens with zero attached hydrogens (tertiary/aromatic N) is 2. The third-order valence-electron chi connectivity index (χ3n) is 5.49. The Hall–Kier alpha value is -1.69. The van der Waals surface area contributed by atoms with Crippen molar-refractivity contribution in [3.8, 4) is 0 Å². The van der Waals surface area contributed by atoms with Crippen LogP contribution in [-0.2, 0) is 11.3 Å². The molecule has 1 spiro atoms. The summed E-state index contributed by atoms with van der Waals surface area (Å²) in [5.41, 5.74) is 1.22. The molecule has 132 valence electrons. The van der Waals surface area contributed by atoms with E-state index in [1.165, 1.54) is 0 Å². The zero-order chi connectivity index (χ0) is 17.4. The number of amides is 1. The summed E-state index contributed by atoms with van der Waals surface area (Å²) >= 11 is 6.03. The predicted molar refractivity (Wildman–Crippen MR) is 97.3 cm³/mol. The standard InChI is InChI=1S/C19H22ClN3O2/c20-14-3-5-16-13(10-14)2-4-15(22-16)11-23-9-6-17(24)19(12-23)7-1-8-21-18(19)25/h2-5,10,17,24H,1,6-9,11-12H2,(H,21,25)/t17-,19+/m0/s1.